The smallest absolute Gasteiger partial charge is 0.201 e. The van der Waals surface area contributed by atoms with E-state index in [0.717, 1.165) is 16.7 Å². The third-order valence-electron chi connectivity index (χ3n) is 4.32. The molecule has 0 aliphatic heterocycles. The predicted octanol–water partition coefficient (Wildman–Crippen LogP) is 3.39. The van der Waals surface area contributed by atoms with Gasteiger partial charge in [-0.1, -0.05) is 24.3 Å². The van der Waals surface area contributed by atoms with Crippen molar-refractivity contribution in [3.63, 3.8) is 0 Å². The molecule has 0 heterocycles. The molecule has 7 heteroatoms. The first-order valence-corrected chi connectivity index (χ1v) is 8.86. The van der Waals surface area contributed by atoms with Crippen LogP contribution in [-0.2, 0) is 6.42 Å². The van der Waals surface area contributed by atoms with Crippen molar-refractivity contribution >= 4 is 12.2 Å². The summed E-state index contributed by atoms with van der Waals surface area (Å²) in [7, 11) is 5.86. The zero-order valence-corrected chi connectivity index (χ0v) is 16.9. The maximum Gasteiger partial charge on any atom is 0.201 e. The molecule has 0 fully saturated rings. The zero-order chi connectivity index (χ0) is 21.4. The Kier molecular flexibility index (Phi) is 7.79. The number of allylic oxidation sites excluding steroid dienone is 1. The molecule has 0 saturated carbocycles. The van der Waals surface area contributed by atoms with Gasteiger partial charge in [0.1, 0.15) is 0 Å². The highest BCUT2D eigenvalue weighted by Crippen LogP contribution is 2.42. The van der Waals surface area contributed by atoms with Crippen LogP contribution in [0, 0.1) is 0 Å². The van der Waals surface area contributed by atoms with Crippen LogP contribution in [0.25, 0.3) is 12.2 Å². The standard InChI is InChI=1S/C22H26O7/c1-26-17-11-14(12-18(27-2)20(17)24)7-5-9-16-15(8-6-10-23)13-19(28-3)21(25)22(16)29-4/h5-8,11-13,23-25H,9-10H2,1-4H3. The summed E-state index contributed by atoms with van der Waals surface area (Å²) in [6, 6.07) is 5.05. The molecule has 156 valence electrons. The molecule has 0 bridgehead atoms. The second-order valence-electron chi connectivity index (χ2n) is 5.99. The highest BCUT2D eigenvalue weighted by molar-refractivity contribution is 5.68. The number of phenolic OH excluding ortho intramolecular Hbond substituents is 2. The van der Waals surface area contributed by atoms with Crippen LogP contribution in [0.2, 0.25) is 0 Å². The minimum Gasteiger partial charge on any atom is -0.502 e. The fourth-order valence-corrected chi connectivity index (χ4v) is 2.92. The van der Waals surface area contributed by atoms with E-state index >= 15 is 0 Å². The number of methoxy groups -OCH3 is 4. The average molecular weight is 402 g/mol. The number of aliphatic hydroxyl groups is 1. The van der Waals surface area contributed by atoms with Crippen LogP contribution in [0.3, 0.4) is 0 Å². The zero-order valence-electron chi connectivity index (χ0n) is 16.9. The summed E-state index contributed by atoms with van der Waals surface area (Å²) in [6.45, 7) is -0.117. The molecule has 0 amide bonds. The maximum atomic E-state index is 10.4. The van der Waals surface area contributed by atoms with Crippen LogP contribution in [0.15, 0.2) is 30.4 Å². The van der Waals surface area contributed by atoms with E-state index in [1.807, 2.05) is 12.2 Å². The quantitative estimate of drug-likeness (QED) is 0.591. The summed E-state index contributed by atoms with van der Waals surface area (Å²) >= 11 is 0. The van der Waals surface area contributed by atoms with Crippen molar-refractivity contribution in [3.05, 3.63) is 47.0 Å². The van der Waals surface area contributed by atoms with Crippen molar-refractivity contribution in [3.8, 4) is 34.5 Å². The second kappa shape index (κ2) is 10.3. The van der Waals surface area contributed by atoms with Gasteiger partial charge in [-0.05, 0) is 35.7 Å². The number of benzene rings is 2. The molecule has 0 aromatic heterocycles. The first-order chi connectivity index (χ1) is 14.0. The topological polar surface area (TPSA) is 97.6 Å². The lowest BCUT2D eigenvalue weighted by atomic mass is 10.00. The monoisotopic (exact) mass is 402 g/mol. The summed E-state index contributed by atoms with van der Waals surface area (Å²) in [5.41, 5.74) is 2.24. The van der Waals surface area contributed by atoms with E-state index in [4.69, 9.17) is 24.1 Å². The van der Waals surface area contributed by atoms with Crippen LogP contribution >= 0.6 is 0 Å². The van der Waals surface area contributed by atoms with E-state index in [2.05, 4.69) is 0 Å². The highest BCUT2D eigenvalue weighted by atomic mass is 16.5. The first kappa shape index (κ1) is 22.0. The molecule has 7 nitrogen and oxygen atoms in total. The number of phenols is 2. The van der Waals surface area contributed by atoms with Gasteiger partial charge in [-0.3, -0.25) is 0 Å². The molecule has 2 aromatic rings. The average Bonchev–Trinajstić information content (AvgIpc) is 2.74. The van der Waals surface area contributed by atoms with Crippen LogP contribution in [-0.4, -0.2) is 50.4 Å². The lowest BCUT2D eigenvalue weighted by molar-refractivity contribution is 0.337. The number of aliphatic hydroxyl groups excluding tert-OH is 1. The normalized spacial score (nSPS) is 11.2. The Labute approximate surface area is 170 Å². The Morgan fingerprint density at radius 1 is 0.759 bits per heavy atom. The molecule has 0 radical (unpaired) electrons. The lowest BCUT2D eigenvalue weighted by Crippen LogP contribution is -1.98. The molecule has 3 N–H and O–H groups in total. The molecule has 0 unspecified atom stereocenters. The van der Waals surface area contributed by atoms with Gasteiger partial charge in [0.2, 0.25) is 11.5 Å². The first-order valence-electron chi connectivity index (χ1n) is 8.86. The summed E-state index contributed by atoms with van der Waals surface area (Å²) in [6.07, 6.45) is 7.47. The van der Waals surface area contributed by atoms with Crippen molar-refractivity contribution in [2.24, 2.45) is 0 Å². The summed E-state index contributed by atoms with van der Waals surface area (Å²) in [5, 5.41) is 29.5. The molecule has 0 atom stereocenters. The van der Waals surface area contributed by atoms with Gasteiger partial charge in [-0.2, -0.15) is 0 Å². The Morgan fingerprint density at radius 2 is 1.34 bits per heavy atom. The lowest BCUT2D eigenvalue weighted by Gasteiger charge is -2.15. The van der Waals surface area contributed by atoms with E-state index in [1.54, 1.807) is 30.4 Å². The van der Waals surface area contributed by atoms with Crippen molar-refractivity contribution in [1.82, 2.24) is 0 Å². The second-order valence-corrected chi connectivity index (χ2v) is 5.99. The van der Waals surface area contributed by atoms with Gasteiger partial charge >= 0.3 is 0 Å². The third kappa shape index (κ3) is 4.94. The van der Waals surface area contributed by atoms with Gasteiger partial charge in [0.25, 0.3) is 0 Å². The van der Waals surface area contributed by atoms with Gasteiger partial charge in [-0.25, -0.2) is 0 Å². The van der Waals surface area contributed by atoms with Crippen LogP contribution < -0.4 is 18.9 Å². The molecule has 0 spiro atoms. The molecule has 29 heavy (non-hydrogen) atoms. The van der Waals surface area contributed by atoms with Crippen molar-refractivity contribution < 1.29 is 34.3 Å². The number of rotatable bonds is 9. The Balaban J connectivity index is 2.43. The molecular formula is C22H26O7. The summed E-state index contributed by atoms with van der Waals surface area (Å²) in [5.74, 6) is 1.02. The van der Waals surface area contributed by atoms with Gasteiger partial charge in [0.15, 0.2) is 23.0 Å². The fraction of sp³-hybridized carbons (Fsp3) is 0.273. The summed E-state index contributed by atoms with van der Waals surface area (Å²) in [4.78, 5) is 0. The van der Waals surface area contributed by atoms with Gasteiger partial charge in [0.05, 0.1) is 35.0 Å². The van der Waals surface area contributed by atoms with E-state index in [-0.39, 0.29) is 23.9 Å². The molecule has 2 rings (SSSR count). The number of hydrogen-bond donors (Lipinski definition) is 3. The molecule has 0 aliphatic rings. The Morgan fingerprint density at radius 3 is 1.86 bits per heavy atom. The molecule has 0 aliphatic carbocycles. The van der Waals surface area contributed by atoms with Crippen LogP contribution in [0.4, 0.5) is 0 Å². The van der Waals surface area contributed by atoms with Gasteiger partial charge < -0.3 is 34.3 Å². The highest BCUT2D eigenvalue weighted by Gasteiger charge is 2.17. The van der Waals surface area contributed by atoms with E-state index < -0.39 is 0 Å². The molecule has 2 aromatic carbocycles. The van der Waals surface area contributed by atoms with Gasteiger partial charge in [0, 0.05) is 5.56 Å². The number of ether oxygens (including phenoxy) is 4. The summed E-state index contributed by atoms with van der Waals surface area (Å²) < 4.78 is 20.9. The molecular weight excluding hydrogens is 376 g/mol. The van der Waals surface area contributed by atoms with Crippen molar-refractivity contribution in [2.45, 2.75) is 6.42 Å². The van der Waals surface area contributed by atoms with Gasteiger partial charge in [-0.15, -0.1) is 0 Å². The van der Waals surface area contributed by atoms with E-state index in [1.165, 1.54) is 28.4 Å². The van der Waals surface area contributed by atoms with Crippen molar-refractivity contribution in [2.75, 3.05) is 35.0 Å². The minimum atomic E-state index is -0.117. The Bertz CT molecular complexity index is 876. The minimum absolute atomic E-state index is 0.0645. The predicted molar refractivity (Wildman–Crippen MR) is 111 cm³/mol. The Hall–Kier alpha value is -3.32. The van der Waals surface area contributed by atoms with Crippen LogP contribution in [0.1, 0.15) is 16.7 Å². The maximum absolute atomic E-state index is 10.4. The third-order valence-corrected chi connectivity index (χ3v) is 4.32. The largest absolute Gasteiger partial charge is 0.502 e. The van der Waals surface area contributed by atoms with Crippen LogP contribution in [0.5, 0.6) is 34.5 Å². The van der Waals surface area contributed by atoms with E-state index in [9.17, 15) is 10.2 Å². The molecule has 0 saturated heterocycles. The SMILES string of the molecule is COc1cc(C=CCc2c(C=CCO)cc(OC)c(O)c2OC)cc(OC)c1O. The van der Waals surface area contributed by atoms with E-state index in [0.29, 0.717) is 23.7 Å². The fourth-order valence-electron chi connectivity index (χ4n) is 2.92. The van der Waals surface area contributed by atoms with Crippen molar-refractivity contribution in [1.29, 1.82) is 0 Å². The number of hydrogen-bond acceptors (Lipinski definition) is 7. The number of aromatic hydroxyl groups is 2.